The predicted octanol–water partition coefficient (Wildman–Crippen LogP) is 3.52. The van der Waals surface area contributed by atoms with E-state index in [0.717, 1.165) is 11.1 Å². The van der Waals surface area contributed by atoms with Crippen LogP contribution in [-0.2, 0) is 0 Å². The molecule has 2 aromatic rings. The Morgan fingerprint density at radius 1 is 1.13 bits per heavy atom. The Morgan fingerprint density at radius 2 is 1.91 bits per heavy atom. The molecule has 0 saturated heterocycles. The molecule has 2 rings (SSSR count). The lowest BCUT2D eigenvalue weighted by molar-refractivity contribution is 0.281. The van der Waals surface area contributed by atoms with Crippen LogP contribution < -0.4 is 9.47 Å². The topological polar surface area (TPSA) is 38.7 Å². The first-order chi connectivity index (χ1) is 11.2. The van der Waals surface area contributed by atoms with Crippen LogP contribution >= 0.6 is 0 Å². The highest BCUT2D eigenvalue weighted by Crippen LogP contribution is 2.27. The minimum absolute atomic E-state index is 0.551. The highest BCUT2D eigenvalue weighted by Gasteiger charge is 2.04. The standard InChI is InChI=1S/C20H20O3/c1-3-23-20-15-17(11-14-19(20)22-2)10-13-18(21)12-9-16-7-5-4-6-8-16/h4-9,11-12,14-15,18,21H,3H2,1-2H3/b12-9+. The fourth-order valence-electron chi connectivity index (χ4n) is 1.99. The Balaban J connectivity index is 2.08. The van der Waals surface area contributed by atoms with Gasteiger partial charge in [-0.1, -0.05) is 48.2 Å². The van der Waals surface area contributed by atoms with Crippen molar-refractivity contribution in [2.24, 2.45) is 0 Å². The monoisotopic (exact) mass is 308 g/mol. The van der Waals surface area contributed by atoms with Crippen LogP contribution in [-0.4, -0.2) is 24.9 Å². The highest BCUT2D eigenvalue weighted by atomic mass is 16.5. The molecule has 0 spiro atoms. The summed E-state index contributed by atoms with van der Waals surface area (Å²) < 4.78 is 10.7. The van der Waals surface area contributed by atoms with E-state index in [-0.39, 0.29) is 0 Å². The molecule has 3 nitrogen and oxygen atoms in total. The molecule has 1 N–H and O–H groups in total. The zero-order valence-corrected chi connectivity index (χ0v) is 13.3. The summed E-state index contributed by atoms with van der Waals surface area (Å²) in [6.07, 6.45) is 2.68. The number of hydrogen-bond donors (Lipinski definition) is 1. The zero-order valence-electron chi connectivity index (χ0n) is 13.3. The van der Waals surface area contributed by atoms with Crippen molar-refractivity contribution in [1.82, 2.24) is 0 Å². The van der Waals surface area contributed by atoms with Gasteiger partial charge in [0.15, 0.2) is 11.5 Å². The van der Waals surface area contributed by atoms with Crippen LogP contribution in [0, 0.1) is 11.8 Å². The van der Waals surface area contributed by atoms with Gasteiger partial charge in [0.1, 0.15) is 6.10 Å². The second-order valence-electron chi connectivity index (χ2n) is 4.78. The van der Waals surface area contributed by atoms with Gasteiger partial charge in [-0.05, 0) is 36.8 Å². The lowest BCUT2D eigenvalue weighted by Gasteiger charge is -2.08. The average Bonchev–Trinajstić information content (AvgIpc) is 2.59. The summed E-state index contributed by atoms with van der Waals surface area (Å²) in [6, 6.07) is 15.2. The lowest BCUT2D eigenvalue weighted by atomic mass is 10.1. The molecule has 0 bridgehead atoms. The van der Waals surface area contributed by atoms with Crippen molar-refractivity contribution in [1.29, 1.82) is 0 Å². The van der Waals surface area contributed by atoms with Crippen LogP contribution in [0.3, 0.4) is 0 Å². The number of aliphatic hydroxyl groups excluding tert-OH is 1. The Bertz CT molecular complexity index is 709. The summed E-state index contributed by atoms with van der Waals surface area (Å²) in [7, 11) is 1.60. The van der Waals surface area contributed by atoms with E-state index in [1.165, 1.54) is 0 Å². The number of aliphatic hydroxyl groups is 1. The normalized spacial score (nSPS) is 11.6. The van der Waals surface area contributed by atoms with Crippen molar-refractivity contribution < 1.29 is 14.6 Å². The van der Waals surface area contributed by atoms with Gasteiger partial charge in [0, 0.05) is 5.56 Å². The number of hydrogen-bond acceptors (Lipinski definition) is 3. The van der Waals surface area contributed by atoms with Gasteiger partial charge in [-0.3, -0.25) is 0 Å². The quantitative estimate of drug-likeness (QED) is 0.859. The molecule has 3 heteroatoms. The zero-order chi connectivity index (χ0) is 16.5. The molecule has 0 aromatic heterocycles. The van der Waals surface area contributed by atoms with E-state index in [9.17, 15) is 5.11 Å². The molecular formula is C20H20O3. The molecule has 1 unspecified atom stereocenters. The third kappa shape index (κ3) is 5.21. The van der Waals surface area contributed by atoms with Crippen molar-refractivity contribution >= 4 is 6.08 Å². The first kappa shape index (κ1) is 16.7. The molecule has 0 aliphatic heterocycles. The Hall–Kier alpha value is -2.70. The molecule has 118 valence electrons. The first-order valence-corrected chi connectivity index (χ1v) is 7.46. The Labute approximate surface area is 137 Å². The molecule has 0 saturated carbocycles. The van der Waals surface area contributed by atoms with Gasteiger partial charge in [0.2, 0.25) is 0 Å². The largest absolute Gasteiger partial charge is 0.493 e. The molecule has 0 amide bonds. The molecular weight excluding hydrogens is 288 g/mol. The smallest absolute Gasteiger partial charge is 0.162 e. The van der Waals surface area contributed by atoms with E-state index in [0.29, 0.717) is 18.1 Å². The number of benzene rings is 2. The summed E-state index contributed by atoms with van der Waals surface area (Å²) in [5.41, 5.74) is 1.79. The van der Waals surface area contributed by atoms with E-state index >= 15 is 0 Å². The Morgan fingerprint density at radius 3 is 2.61 bits per heavy atom. The maximum absolute atomic E-state index is 9.93. The van der Waals surface area contributed by atoms with E-state index in [2.05, 4.69) is 11.8 Å². The van der Waals surface area contributed by atoms with Crippen molar-refractivity contribution in [3.8, 4) is 23.3 Å². The predicted molar refractivity (Wildman–Crippen MR) is 92.5 cm³/mol. The molecule has 1 atom stereocenters. The van der Waals surface area contributed by atoms with Crippen LogP contribution in [0.5, 0.6) is 11.5 Å². The second kappa shape index (κ2) is 8.67. The summed E-state index contributed by atoms with van der Waals surface area (Å²) >= 11 is 0. The van der Waals surface area contributed by atoms with Gasteiger partial charge >= 0.3 is 0 Å². The van der Waals surface area contributed by atoms with Crippen LogP contribution in [0.25, 0.3) is 6.08 Å². The summed E-state index contributed by atoms with van der Waals surface area (Å²) in [5.74, 6) is 7.06. The third-order valence-corrected chi connectivity index (χ3v) is 3.10. The highest BCUT2D eigenvalue weighted by molar-refractivity contribution is 5.51. The van der Waals surface area contributed by atoms with E-state index in [1.54, 1.807) is 19.3 Å². The molecule has 0 fully saturated rings. The maximum Gasteiger partial charge on any atom is 0.162 e. The molecule has 0 aliphatic rings. The SMILES string of the molecule is CCOc1cc(C#CC(O)/C=C/c2ccccc2)ccc1OC. The summed E-state index contributed by atoms with van der Waals surface area (Å²) in [6.45, 7) is 2.46. The van der Waals surface area contributed by atoms with Crippen LogP contribution in [0.1, 0.15) is 18.1 Å². The van der Waals surface area contributed by atoms with Crippen molar-refractivity contribution in [2.45, 2.75) is 13.0 Å². The van der Waals surface area contributed by atoms with Gasteiger partial charge in [-0.2, -0.15) is 0 Å². The fraction of sp³-hybridized carbons (Fsp3) is 0.200. The van der Waals surface area contributed by atoms with Gasteiger partial charge in [-0.15, -0.1) is 0 Å². The van der Waals surface area contributed by atoms with E-state index in [1.807, 2.05) is 55.5 Å². The summed E-state index contributed by atoms with van der Waals surface area (Å²) in [5, 5.41) is 9.93. The molecule has 0 heterocycles. The van der Waals surface area contributed by atoms with Crippen LogP contribution in [0.4, 0.5) is 0 Å². The number of ether oxygens (including phenoxy) is 2. The minimum atomic E-state index is -0.826. The summed E-state index contributed by atoms with van der Waals surface area (Å²) in [4.78, 5) is 0. The third-order valence-electron chi connectivity index (χ3n) is 3.10. The molecule has 2 aromatic carbocycles. The van der Waals surface area contributed by atoms with Crippen LogP contribution in [0.15, 0.2) is 54.6 Å². The number of rotatable bonds is 5. The van der Waals surface area contributed by atoms with Gasteiger partial charge in [0.25, 0.3) is 0 Å². The van der Waals surface area contributed by atoms with Crippen molar-refractivity contribution in [2.75, 3.05) is 13.7 Å². The maximum atomic E-state index is 9.93. The molecule has 0 radical (unpaired) electrons. The lowest BCUT2D eigenvalue weighted by Crippen LogP contribution is -1.97. The second-order valence-corrected chi connectivity index (χ2v) is 4.78. The minimum Gasteiger partial charge on any atom is -0.493 e. The van der Waals surface area contributed by atoms with Crippen molar-refractivity contribution in [3.63, 3.8) is 0 Å². The van der Waals surface area contributed by atoms with Crippen molar-refractivity contribution in [3.05, 3.63) is 65.7 Å². The molecule has 23 heavy (non-hydrogen) atoms. The van der Waals surface area contributed by atoms with Crippen LogP contribution in [0.2, 0.25) is 0 Å². The van der Waals surface area contributed by atoms with E-state index < -0.39 is 6.10 Å². The van der Waals surface area contributed by atoms with Gasteiger partial charge in [-0.25, -0.2) is 0 Å². The molecule has 0 aliphatic carbocycles. The van der Waals surface area contributed by atoms with Gasteiger partial charge < -0.3 is 14.6 Å². The Kier molecular flexibility index (Phi) is 6.28. The average molecular weight is 308 g/mol. The number of methoxy groups -OCH3 is 1. The van der Waals surface area contributed by atoms with E-state index in [4.69, 9.17) is 9.47 Å². The fourth-order valence-corrected chi connectivity index (χ4v) is 1.99. The first-order valence-electron chi connectivity index (χ1n) is 7.46. The van der Waals surface area contributed by atoms with Gasteiger partial charge in [0.05, 0.1) is 13.7 Å².